The fourth-order valence-electron chi connectivity index (χ4n) is 4.35. The average Bonchev–Trinajstić information content (AvgIpc) is 3.48. The molecular formula is C24H24ClN3O3S. The van der Waals surface area contributed by atoms with Crippen molar-refractivity contribution in [3.63, 3.8) is 0 Å². The van der Waals surface area contributed by atoms with Crippen LogP contribution < -0.4 is 5.32 Å². The standard InChI is InChI=1S/C24H24ClN3O3S/c1-24(8-9-24)15-32(30,31)28-13-17-6-7-18(25)10-20(17)21(14-28)23(29)27-22-12-26-11-16-4-2-3-5-19(16)22/h2-7,10-12,21H,8-9,13-15H2,1H3,(H,27,29)/t21-/m1/s1. The number of hydrogen-bond donors (Lipinski definition) is 1. The SMILES string of the molecule is CC1(CS(=O)(=O)N2Cc3ccc(Cl)cc3[C@H](C(=O)Nc3cncc4ccccc34)C2)CC1. The third-order valence-electron chi connectivity index (χ3n) is 6.49. The monoisotopic (exact) mass is 469 g/mol. The van der Waals surface area contributed by atoms with Gasteiger partial charge in [0.1, 0.15) is 0 Å². The Hall–Kier alpha value is -2.48. The van der Waals surface area contributed by atoms with Crippen LogP contribution in [0.3, 0.4) is 0 Å². The van der Waals surface area contributed by atoms with E-state index in [4.69, 9.17) is 11.6 Å². The largest absolute Gasteiger partial charge is 0.324 e. The highest BCUT2D eigenvalue weighted by atomic mass is 35.5. The molecule has 0 spiro atoms. The summed E-state index contributed by atoms with van der Waals surface area (Å²) in [6, 6.07) is 13.0. The highest BCUT2D eigenvalue weighted by Crippen LogP contribution is 2.47. The summed E-state index contributed by atoms with van der Waals surface area (Å²) in [5.74, 6) is -0.827. The molecule has 1 fully saturated rings. The van der Waals surface area contributed by atoms with Gasteiger partial charge >= 0.3 is 0 Å². The zero-order valence-corrected chi connectivity index (χ0v) is 19.3. The Morgan fingerprint density at radius 1 is 1.22 bits per heavy atom. The maximum absolute atomic E-state index is 13.5. The topological polar surface area (TPSA) is 79.4 Å². The molecule has 2 heterocycles. The van der Waals surface area contributed by atoms with E-state index in [0.717, 1.165) is 34.7 Å². The van der Waals surface area contributed by atoms with E-state index >= 15 is 0 Å². The molecule has 1 saturated carbocycles. The molecule has 1 atom stereocenters. The molecule has 1 aromatic heterocycles. The molecule has 0 bridgehead atoms. The first kappa shape index (κ1) is 21.4. The van der Waals surface area contributed by atoms with Gasteiger partial charge in [0, 0.05) is 35.1 Å². The summed E-state index contributed by atoms with van der Waals surface area (Å²) in [4.78, 5) is 17.7. The first-order valence-corrected chi connectivity index (χ1v) is 12.6. The van der Waals surface area contributed by atoms with Crippen LogP contribution in [0.5, 0.6) is 0 Å². The van der Waals surface area contributed by atoms with Crippen molar-refractivity contribution in [3.8, 4) is 0 Å². The lowest BCUT2D eigenvalue weighted by molar-refractivity contribution is -0.118. The number of pyridine rings is 1. The van der Waals surface area contributed by atoms with Crippen molar-refractivity contribution in [1.29, 1.82) is 0 Å². The van der Waals surface area contributed by atoms with E-state index < -0.39 is 15.9 Å². The minimum absolute atomic E-state index is 0.0930. The number of nitrogens with zero attached hydrogens (tertiary/aromatic N) is 2. The van der Waals surface area contributed by atoms with Gasteiger partial charge in [-0.1, -0.05) is 48.9 Å². The zero-order valence-electron chi connectivity index (χ0n) is 17.7. The summed E-state index contributed by atoms with van der Waals surface area (Å²) in [7, 11) is -3.50. The van der Waals surface area contributed by atoms with Crippen molar-refractivity contribution >= 4 is 44.0 Å². The summed E-state index contributed by atoms with van der Waals surface area (Å²) in [5, 5.41) is 5.30. The minimum Gasteiger partial charge on any atom is -0.324 e. The number of halogens is 1. The van der Waals surface area contributed by atoms with Crippen LogP contribution in [-0.2, 0) is 21.4 Å². The van der Waals surface area contributed by atoms with Gasteiger partial charge in [-0.15, -0.1) is 0 Å². The molecule has 0 radical (unpaired) electrons. The molecule has 1 aliphatic carbocycles. The summed E-state index contributed by atoms with van der Waals surface area (Å²) in [5.41, 5.74) is 2.03. The number of carbonyl (C=O) groups excluding carboxylic acids is 1. The Balaban J connectivity index is 1.48. The number of amides is 1. The highest BCUT2D eigenvalue weighted by Gasteiger charge is 2.45. The first-order valence-electron chi connectivity index (χ1n) is 10.6. The van der Waals surface area contributed by atoms with Crippen LogP contribution in [0.1, 0.15) is 36.8 Å². The predicted octanol–water partition coefficient (Wildman–Crippen LogP) is 4.56. The van der Waals surface area contributed by atoms with Crippen molar-refractivity contribution in [3.05, 3.63) is 71.0 Å². The second-order valence-electron chi connectivity index (χ2n) is 9.15. The number of sulfonamides is 1. The number of rotatable bonds is 5. The number of anilines is 1. The first-order chi connectivity index (χ1) is 15.2. The predicted molar refractivity (Wildman–Crippen MR) is 126 cm³/mol. The van der Waals surface area contributed by atoms with Gasteiger partial charge in [0.15, 0.2) is 0 Å². The molecule has 5 rings (SSSR count). The van der Waals surface area contributed by atoms with Crippen LogP contribution in [0.15, 0.2) is 54.9 Å². The van der Waals surface area contributed by atoms with E-state index in [0.29, 0.717) is 10.7 Å². The molecule has 1 aliphatic heterocycles. The van der Waals surface area contributed by atoms with Gasteiger partial charge < -0.3 is 5.32 Å². The molecule has 0 saturated heterocycles. The summed E-state index contributed by atoms with van der Waals surface area (Å²) >= 11 is 6.23. The van der Waals surface area contributed by atoms with Gasteiger partial charge in [-0.25, -0.2) is 8.42 Å². The number of benzene rings is 2. The molecule has 6 nitrogen and oxygen atoms in total. The third-order valence-corrected chi connectivity index (χ3v) is 8.85. The molecular weight excluding hydrogens is 446 g/mol. The molecule has 2 aliphatic rings. The quantitative estimate of drug-likeness (QED) is 0.594. The van der Waals surface area contributed by atoms with Crippen LogP contribution in [0, 0.1) is 5.41 Å². The van der Waals surface area contributed by atoms with Gasteiger partial charge in [-0.3, -0.25) is 9.78 Å². The fourth-order valence-corrected chi connectivity index (χ4v) is 6.60. The second-order valence-corrected chi connectivity index (χ2v) is 11.6. The third kappa shape index (κ3) is 4.12. The molecule has 166 valence electrons. The lowest BCUT2D eigenvalue weighted by Crippen LogP contribution is -2.43. The Bertz CT molecular complexity index is 1320. The Morgan fingerprint density at radius 2 is 2.00 bits per heavy atom. The van der Waals surface area contributed by atoms with Crippen molar-refractivity contribution in [2.24, 2.45) is 5.41 Å². The van der Waals surface area contributed by atoms with E-state index in [2.05, 4.69) is 10.3 Å². The van der Waals surface area contributed by atoms with E-state index in [-0.39, 0.29) is 30.2 Å². The molecule has 3 aromatic rings. The average molecular weight is 470 g/mol. The Morgan fingerprint density at radius 3 is 2.78 bits per heavy atom. The van der Waals surface area contributed by atoms with Gasteiger partial charge in [0.25, 0.3) is 0 Å². The molecule has 2 aromatic carbocycles. The number of hydrogen-bond acceptors (Lipinski definition) is 4. The highest BCUT2D eigenvalue weighted by molar-refractivity contribution is 7.89. The molecule has 1 amide bonds. The van der Waals surface area contributed by atoms with Gasteiger partial charge in [-0.2, -0.15) is 4.31 Å². The van der Waals surface area contributed by atoms with Gasteiger partial charge in [-0.05, 0) is 41.5 Å². The summed E-state index contributed by atoms with van der Waals surface area (Å²) < 4.78 is 27.8. The number of nitrogens with one attached hydrogen (secondary N) is 1. The zero-order chi connectivity index (χ0) is 22.5. The van der Waals surface area contributed by atoms with E-state index in [1.165, 1.54) is 4.31 Å². The normalized spacial score (nSPS) is 20.0. The van der Waals surface area contributed by atoms with E-state index in [1.54, 1.807) is 24.5 Å². The molecule has 1 N–H and O–H groups in total. The summed E-state index contributed by atoms with van der Waals surface area (Å²) in [6.45, 7) is 2.35. The molecule has 32 heavy (non-hydrogen) atoms. The van der Waals surface area contributed by atoms with Crippen molar-refractivity contribution in [2.45, 2.75) is 32.2 Å². The van der Waals surface area contributed by atoms with Crippen LogP contribution in [-0.4, -0.2) is 35.9 Å². The molecule has 8 heteroatoms. The Labute approximate surface area is 192 Å². The van der Waals surface area contributed by atoms with Gasteiger partial charge in [0.05, 0.1) is 23.6 Å². The molecule has 0 unspecified atom stereocenters. The van der Waals surface area contributed by atoms with Crippen LogP contribution in [0.25, 0.3) is 10.8 Å². The lowest BCUT2D eigenvalue weighted by atomic mass is 9.90. The van der Waals surface area contributed by atoms with Crippen LogP contribution >= 0.6 is 11.6 Å². The van der Waals surface area contributed by atoms with Crippen molar-refractivity contribution in [1.82, 2.24) is 9.29 Å². The smallest absolute Gasteiger partial charge is 0.233 e. The van der Waals surface area contributed by atoms with Crippen LogP contribution in [0.2, 0.25) is 5.02 Å². The number of aromatic nitrogens is 1. The fraction of sp³-hybridized carbons (Fsp3) is 0.333. The Kier molecular flexibility index (Phi) is 5.23. The van der Waals surface area contributed by atoms with Crippen molar-refractivity contribution in [2.75, 3.05) is 17.6 Å². The van der Waals surface area contributed by atoms with Crippen molar-refractivity contribution < 1.29 is 13.2 Å². The minimum atomic E-state index is -3.50. The lowest BCUT2D eigenvalue weighted by Gasteiger charge is -2.34. The number of carbonyl (C=O) groups is 1. The maximum atomic E-state index is 13.5. The van der Waals surface area contributed by atoms with E-state index in [1.807, 2.05) is 37.3 Å². The van der Waals surface area contributed by atoms with Crippen LogP contribution in [0.4, 0.5) is 5.69 Å². The van der Waals surface area contributed by atoms with E-state index in [9.17, 15) is 13.2 Å². The second kappa shape index (κ2) is 7.83. The maximum Gasteiger partial charge on any atom is 0.233 e. The van der Waals surface area contributed by atoms with Gasteiger partial charge in [0.2, 0.25) is 15.9 Å². The summed E-state index contributed by atoms with van der Waals surface area (Å²) in [6.07, 6.45) is 5.20. The number of fused-ring (bicyclic) bond motifs is 2.